The summed E-state index contributed by atoms with van der Waals surface area (Å²) in [5, 5.41) is 5.80. The van der Waals surface area contributed by atoms with Crippen LogP contribution in [-0.4, -0.2) is 20.3 Å². The zero-order valence-corrected chi connectivity index (χ0v) is 14.5. The van der Waals surface area contributed by atoms with E-state index in [4.69, 9.17) is 9.47 Å². The SMILES string of the molecule is COc1cc(C)c(NC(=O)NC2CCc3cc(F)ccc32)cc1OC. The van der Waals surface area contributed by atoms with E-state index in [9.17, 15) is 9.18 Å². The van der Waals surface area contributed by atoms with E-state index in [0.717, 1.165) is 29.5 Å². The maximum atomic E-state index is 13.3. The summed E-state index contributed by atoms with van der Waals surface area (Å²) < 4.78 is 23.8. The second kappa shape index (κ2) is 7.01. The zero-order chi connectivity index (χ0) is 18.0. The van der Waals surface area contributed by atoms with Crippen LogP contribution < -0.4 is 20.1 Å². The fraction of sp³-hybridized carbons (Fsp3) is 0.316. The summed E-state index contributed by atoms with van der Waals surface area (Å²) in [5.74, 6) is 0.910. The molecule has 0 aromatic heterocycles. The number of rotatable bonds is 4. The molecule has 0 spiro atoms. The van der Waals surface area contributed by atoms with Gasteiger partial charge in [-0.3, -0.25) is 0 Å². The van der Waals surface area contributed by atoms with Crippen LogP contribution in [0.4, 0.5) is 14.9 Å². The van der Waals surface area contributed by atoms with Crippen molar-refractivity contribution in [2.24, 2.45) is 0 Å². The van der Waals surface area contributed by atoms with Gasteiger partial charge >= 0.3 is 6.03 Å². The van der Waals surface area contributed by atoms with Gasteiger partial charge in [0.25, 0.3) is 0 Å². The Labute approximate surface area is 146 Å². The Morgan fingerprint density at radius 3 is 2.60 bits per heavy atom. The first-order valence-corrected chi connectivity index (χ1v) is 8.10. The number of hydrogen-bond donors (Lipinski definition) is 2. The van der Waals surface area contributed by atoms with Crippen LogP contribution in [0.3, 0.4) is 0 Å². The first-order chi connectivity index (χ1) is 12.0. The summed E-state index contributed by atoms with van der Waals surface area (Å²) >= 11 is 0. The predicted molar refractivity (Wildman–Crippen MR) is 93.9 cm³/mol. The molecule has 1 aliphatic rings. The predicted octanol–water partition coefficient (Wildman–Crippen LogP) is 3.96. The van der Waals surface area contributed by atoms with Gasteiger partial charge in [0.1, 0.15) is 5.82 Å². The molecule has 2 aromatic rings. The lowest BCUT2D eigenvalue weighted by Crippen LogP contribution is -2.31. The van der Waals surface area contributed by atoms with E-state index in [1.54, 1.807) is 26.4 Å². The molecule has 3 rings (SSSR count). The van der Waals surface area contributed by atoms with Crippen LogP contribution in [0.2, 0.25) is 0 Å². The number of halogens is 1. The molecule has 0 aliphatic heterocycles. The van der Waals surface area contributed by atoms with Crippen LogP contribution in [0, 0.1) is 12.7 Å². The summed E-state index contributed by atoms with van der Waals surface area (Å²) in [6.07, 6.45) is 1.52. The maximum absolute atomic E-state index is 13.3. The monoisotopic (exact) mass is 344 g/mol. The minimum Gasteiger partial charge on any atom is -0.493 e. The molecule has 0 bridgehead atoms. The van der Waals surface area contributed by atoms with E-state index in [1.165, 1.54) is 12.1 Å². The van der Waals surface area contributed by atoms with Gasteiger partial charge in [0, 0.05) is 11.8 Å². The molecule has 0 radical (unpaired) electrons. The fourth-order valence-corrected chi connectivity index (χ4v) is 3.17. The normalized spacial score (nSPS) is 15.4. The van der Waals surface area contributed by atoms with Crippen molar-refractivity contribution in [2.45, 2.75) is 25.8 Å². The molecule has 5 nitrogen and oxygen atoms in total. The number of benzene rings is 2. The summed E-state index contributed by atoms with van der Waals surface area (Å²) in [6, 6.07) is 7.81. The number of amides is 2. The Bertz CT molecular complexity index is 807. The van der Waals surface area contributed by atoms with E-state index in [-0.39, 0.29) is 17.9 Å². The van der Waals surface area contributed by atoms with E-state index in [0.29, 0.717) is 17.2 Å². The molecule has 6 heteroatoms. The molecular formula is C19H21FN2O3. The fourth-order valence-electron chi connectivity index (χ4n) is 3.17. The number of carbonyl (C=O) groups excluding carboxylic acids is 1. The zero-order valence-electron chi connectivity index (χ0n) is 14.5. The Morgan fingerprint density at radius 2 is 1.88 bits per heavy atom. The molecule has 2 N–H and O–H groups in total. The minimum absolute atomic E-state index is 0.115. The molecule has 0 heterocycles. The van der Waals surface area contributed by atoms with Gasteiger partial charge in [0.2, 0.25) is 0 Å². The van der Waals surface area contributed by atoms with Crippen molar-refractivity contribution < 1.29 is 18.7 Å². The molecule has 1 unspecified atom stereocenters. The van der Waals surface area contributed by atoms with E-state index < -0.39 is 0 Å². The third kappa shape index (κ3) is 3.52. The maximum Gasteiger partial charge on any atom is 0.319 e. The molecule has 0 fully saturated rings. The Hall–Kier alpha value is -2.76. The number of hydrogen-bond acceptors (Lipinski definition) is 3. The van der Waals surface area contributed by atoms with Crippen molar-refractivity contribution >= 4 is 11.7 Å². The molecule has 2 aromatic carbocycles. The Morgan fingerprint density at radius 1 is 1.16 bits per heavy atom. The quantitative estimate of drug-likeness (QED) is 0.882. The lowest BCUT2D eigenvalue weighted by Gasteiger charge is -2.17. The summed E-state index contributed by atoms with van der Waals surface area (Å²) in [7, 11) is 3.11. The first kappa shape index (κ1) is 17.1. The van der Waals surface area contributed by atoms with Crippen molar-refractivity contribution in [3.8, 4) is 11.5 Å². The summed E-state index contributed by atoms with van der Waals surface area (Å²) in [6.45, 7) is 1.88. The third-order valence-electron chi connectivity index (χ3n) is 4.47. The van der Waals surface area contributed by atoms with Gasteiger partial charge in [-0.2, -0.15) is 0 Å². The number of carbonyl (C=O) groups is 1. The largest absolute Gasteiger partial charge is 0.493 e. The molecule has 0 saturated heterocycles. The van der Waals surface area contributed by atoms with Gasteiger partial charge in [0.15, 0.2) is 11.5 Å². The molecule has 2 amide bonds. The van der Waals surface area contributed by atoms with Gasteiger partial charge in [0.05, 0.1) is 20.3 Å². The molecule has 1 atom stereocenters. The molecular weight excluding hydrogens is 323 g/mol. The number of nitrogens with one attached hydrogen (secondary N) is 2. The van der Waals surface area contributed by atoms with Gasteiger partial charge in [-0.25, -0.2) is 9.18 Å². The number of aryl methyl sites for hydroxylation is 2. The number of anilines is 1. The Balaban J connectivity index is 1.72. The van der Waals surface area contributed by atoms with Gasteiger partial charge in [-0.05, 0) is 54.7 Å². The molecule has 132 valence electrons. The standard InChI is InChI=1S/C19H21FN2O3/c1-11-8-17(24-2)18(25-3)10-16(11)22-19(23)21-15-7-4-12-9-13(20)5-6-14(12)15/h5-6,8-10,15H,4,7H2,1-3H3,(H2,21,22,23). The van der Waals surface area contributed by atoms with Gasteiger partial charge in [-0.1, -0.05) is 6.07 Å². The molecule has 25 heavy (non-hydrogen) atoms. The second-order valence-electron chi connectivity index (χ2n) is 6.05. The number of methoxy groups -OCH3 is 2. The molecule has 0 saturated carbocycles. The minimum atomic E-state index is -0.308. The molecule has 1 aliphatic carbocycles. The summed E-state index contributed by atoms with van der Waals surface area (Å²) in [4.78, 5) is 12.4. The highest BCUT2D eigenvalue weighted by atomic mass is 19.1. The van der Waals surface area contributed by atoms with E-state index in [1.807, 2.05) is 13.0 Å². The lowest BCUT2D eigenvalue weighted by atomic mass is 10.1. The topological polar surface area (TPSA) is 59.6 Å². The van der Waals surface area contributed by atoms with Crippen LogP contribution in [0.25, 0.3) is 0 Å². The van der Waals surface area contributed by atoms with Crippen LogP contribution in [-0.2, 0) is 6.42 Å². The highest BCUT2D eigenvalue weighted by Crippen LogP contribution is 2.34. The van der Waals surface area contributed by atoms with Crippen LogP contribution in [0.1, 0.15) is 29.2 Å². The van der Waals surface area contributed by atoms with E-state index >= 15 is 0 Å². The van der Waals surface area contributed by atoms with Crippen LogP contribution >= 0.6 is 0 Å². The Kier molecular flexibility index (Phi) is 4.79. The first-order valence-electron chi connectivity index (χ1n) is 8.10. The summed E-state index contributed by atoms with van der Waals surface area (Å²) in [5.41, 5.74) is 3.43. The van der Waals surface area contributed by atoms with Crippen molar-refractivity contribution in [1.29, 1.82) is 0 Å². The van der Waals surface area contributed by atoms with Crippen molar-refractivity contribution in [3.05, 3.63) is 52.8 Å². The van der Waals surface area contributed by atoms with Gasteiger partial charge in [-0.15, -0.1) is 0 Å². The second-order valence-corrected chi connectivity index (χ2v) is 6.05. The smallest absolute Gasteiger partial charge is 0.319 e. The highest BCUT2D eigenvalue weighted by molar-refractivity contribution is 5.91. The average molecular weight is 344 g/mol. The number of urea groups is 1. The third-order valence-corrected chi connectivity index (χ3v) is 4.47. The van der Waals surface area contributed by atoms with Crippen molar-refractivity contribution in [2.75, 3.05) is 19.5 Å². The number of ether oxygens (including phenoxy) is 2. The van der Waals surface area contributed by atoms with Crippen LogP contribution in [0.15, 0.2) is 30.3 Å². The highest BCUT2D eigenvalue weighted by Gasteiger charge is 2.24. The number of fused-ring (bicyclic) bond motifs is 1. The van der Waals surface area contributed by atoms with Crippen molar-refractivity contribution in [1.82, 2.24) is 5.32 Å². The van der Waals surface area contributed by atoms with E-state index in [2.05, 4.69) is 10.6 Å². The lowest BCUT2D eigenvalue weighted by molar-refractivity contribution is 0.248. The van der Waals surface area contributed by atoms with Gasteiger partial charge < -0.3 is 20.1 Å². The van der Waals surface area contributed by atoms with Crippen LogP contribution in [0.5, 0.6) is 11.5 Å². The van der Waals surface area contributed by atoms with Crippen molar-refractivity contribution in [3.63, 3.8) is 0 Å². The average Bonchev–Trinajstić information content (AvgIpc) is 2.98.